The number of aliphatic carboxylic acids is 1. The number of aromatic nitrogens is 1. The van der Waals surface area contributed by atoms with Gasteiger partial charge >= 0.3 is 5.97 Å². The fourth-order valence-corrected chi connectivity index (χ4v) is 5.20. The molecule has 0 amide bonds. The first-order chi connectivity index (χ1) is 11.7. The standard InChI is InChI=1S/C20H20N2O2/c1-2-8-22-10-11(20(23)24)9-14-12-4-3-5-15-17(12)18-13(19(14)22)6-7-16(18)21-15/h2-7,11,13-14,19,21H,1,8-10H2,(H,23,24)/t11-,13?,14?,19-/m1/s1. The molecule has 5 rings (SSSR count). The quantitative estimate of drug-likeness (QED) is 0.853. The lowest BCUT2D eigenvalue weighted by atomic mass is 9.68. The van der Waals surface area contributed by atoms with Crippen LogP contribution in [0.3, 0.4) is 0 Å². The summed E-state index contributed by atoms with van der Waals surface area (Å²) in [5.74, 6) is -0.389. The van der Waals surface area contributed by atoms with Crippen molar-refractivity contribution in [2.45, 2.75) is 24.3 Å². The first-order valence-corrected chi connectivity index (χ1v) is 8.59. The topological polar surface area (TPSA) is 56.3 Å². The van der Waals surface area contributed by atoms with Crippen molar-refractivity contribution < 1.29 is 9.90 Å². The van der Waals surface area contributed by atoms with Crippen LogP contribution in [0.15, 0.2) is 36.9 Å². The van der Waals surface area contributed by atoms with E-state index in [2.05, 4.69) is 46.8 Å². The van der Waals surface area contributed by atoms with E-state index in [0.717, 1.165) is 13.0 Å². The number of likely N-dealkylation sites (tertiary alicyclic amines) is 1. The van der Waals surface area contributed by atoms with Crippen molar-refractivity contribution in [3.05, 3.63) is 53.8 Å². The van der Waals surface area contributed by atoms with Gasteiger partial charge in [0, 0.05) is 47.6 Å². The van der Waals surface area contributed by atoms with Crippen LogP contribution < -0.4 is 0 Å². The Morgan fingerprint density at radius 2 is 2.33 bits per heavy atom. The summed E-state index contributed by atoms with van der Waals surface area (Å²) >= 11 is 0. The molecule has 0 saturated carbocycles. The van der Waals surface area contributed by atoms with Crippen molar-refractivity contribution in [3.63, 3.8) is 0 Å². The highest BCUT2D eigenvalue weighted by atomic mass is 16.4. The zero-order valence-electron chi connectivity index (χ0n) is 13.4. The molecule has 1 aromatic carbocycles. The lowest BCUT2D eigenvalue weighted by Gasteiger charge is -2.48. The molecule has 0 spiro atoms. The fraction of sp³-hybridized carbons (Fsp3) is 0.350. The predicted octanol–water partition coefficient (Wildman–Crippen LogP) is 3.34. The minimum absolute atomic E-state index is 0.257. The summed E-state index contributed by atoms with van der Waals surface area (Å²) in [5, 5.41) is 11.0. The summed E-state index contributed by atoms with van der Waals surface area (Å²) in [7, 11) is 0. The number of piperidine rings is 1. The van der Waals surface area contributed by atoms with Gasteiger partial charge in [0.2, 0.25) is 0 Å². The second kappa shape index (κ2) is 4.84. The Kier molecular flexibility index (Phi) is 2.83. The molecule has 4 heteroatoms. The maximum atomic E-state index is 11.7. The highest BCUT2D eigenvalue weighted by Gasteiger charge is 2.48. The number of hydrogen-bond donors (Lipinski definition) is 2. The molecule has 122 valence electrons. The van der Waals surface area contributed by atoms with E-state index in [0.29, 0.717) is 18.5 Å². The van der Waals surface area contributed by atoms with Crippen molar-refractivity contribution in [1.29, 1.82) is 0 Å². The average molecular weight is 320 g/mol. The number of carboxylic acid groups (broad SMARTS) is 1. The van der Waals surface area contributed by atoms with Gasteiger partial charge in [-0.25, -0.2) is 0 Å². The Morgan fingerprint density at radius 1 is 1.46 bits per heavy atom. The van der Waals surface area contributed by atoms with E-state index < -0.39 is 5.97 Å². The normalized spacial score (nSPS) is 30.5. The minimum Gasteiger partial charge on any atom is -0.481 e. The summed E-state index contributed by atoms with van der Waals surface area (Å²) in [6.45, 7) is 5.23. The van der Waals surface area contributed by atoms with Crippen LogP contribution in [-0.4, -0.2) is 40.1 Å². The van der Waals surface area contributed by atoms with E-state index in [-0.39, 0.29) is 11.8 Å². The minimum atomic E-state index is -0.683. The molecule has 2 unspecified atom stereocenters. The number of hydrogen-bond acceptors (Lipinski definition) is 2. The Labute approximate surface area is 140 Å². The van der Waals surface area contributed by atoms with Crippen LogP contribution in [0.2, 0.25) is 0 Å². The summed E-state index contributed by atoms with van der Waals surface area (Å²) in [5.41, 5.74) is 5.12. The van der Waals surface area contributed by atoms with Crippen molar-refractivity contribution in [1.82, 2.24) is 9.88 Å². The molecule has 1 aliphatic heterocycles. The molecule has 2 N–H and O–H groups in total. The van der Waals surface area contributed by atoms with Gasteiger partial charge in [0.15, 0.2) is 0 Å². The van der Waals surface area contributed by atoms with Crippen LogP contribution in [-0.2, 0) is 4.79 Å². The zero-order valence-corrected chi connectivity index (χ0v) is 13.4. The largest absolute Gasteiger partial charge is 0.481 e. The zero-order chi connectivity index (χ0) is 16.4. The van der Waals surface area contributed by atoms with E-state index in [1.54, 1.807) is 0 Å². The number of rotatable bonds is 3. The van der Waals surface area contributed by atoms with Crippen LogP contribution in [0.4, 0.5) is 0 Å². The molecule has 4 atom stereocenters. The highest BCUT2D eigenvalue weighted by Crippen LogP contribution is 2.53. The molecular formula is C20H20N2O2. The maximum Gasteiger partial charge on any atom is 0.307 e. The van der Waals surface area contributed by atoms with E-state index in [9.17, 15) is 9.90 Å². The van der Waals surface area contributed by atoms with E-state index in [1.807, 2.05) is 6.08 Å². The average Bonchev–Trinajstić information content (AvgIpc) is 3.14. The fourth-order valence-electron chi connectivity index (χ4n) is 5.20. The number of carbonyl (C=O) groups is 1. The summed E-state index contributed by atoms with van der Waals surface area (Å²) < 4.78 is 0. The maximum absolute atomic E-state index is 11.7. The third-order valence-corrected chi connectivity index (χ3v) is 6.04. The monoisotopic (exact) mass is 320 g/mol. The molecule has 4 nitrogen and oxygen atoms in total. The van der Waals surface area contributed by atoms with Crippen LogP contribution in [0.1, 0.15) is 35.1 Å². The Balaban J connectivity index is 1.72. The number of benzene rings is 1. The number of nitrogens with one attached hydrogen (secondary N) is 1. The van der Waals surface area contributed by atoms with Crippen molar-refractivity contribution in [3.8, 4) is 0 Å². The van der Waals surface area contributed by atoms with E-state index in [1.165, 1.54) is 27.7 Å². The molecule has 1 saturated heterocycles. The van der Waals surface area contributed by atoms with Crippen LogP contribution in [0.25, 0.3) is 17.0 Å². The van der Waals surface area contributed by atoms with Crippen LogP contribution in [0.5, 0.6) is 0 Å². The molecule has 3 aliphatic rings. The SMILES string of the molecule is C=CCN1C[C@H](C(=O)O)CC2c3cccc4[nH]c5c(c34)C(C=C5)[C@H]21. The Hall–Kier alpha value is -2.33. The van der Waals surface area contributed by atoms with Gasteiger partial charge in [-0.1, -0.05) is 24.3 Å². The number of nitrogens with zero attached hydrogens (tertiary/aromatic N) is 1. The van der Waals surface area contributed by atoms with E-state index in [4.69, 9.17) is 0 Å². The predicted molar refractivity (Wildman–Crippen MR) is 94.1 cm³/mol. The van der Waals surface area contributed by atoms with Crippen LogP contribution in [0, 0.1) is 5.92 Å². The molecule has 0 bridgehead atoms. The first-order valence-electron chi connectivity index (χ1n) is 8.59. The molecule has 1 aromatic heterocycles. The number of fused-ring (bicyclic) bond motifs is 3. The van der Waals surface area contributed by atoms with Gasteiger partial charge in [-0.2, -0.15) is 0 Å². The van der Waals surface area contributed by atoms with E-state index >= 15 is 0 Å². The van der Waals surface area contributed by atoms with Gasteiger partial charge in [-0.3, -0.25) is 9.69 Å². The second-order valence-corrected chi connectivity index (χ2v) is 7.22. The molecule has 24 heavy (non-hydrogen) atoms. The lowest BCUT2D eigenvalue weighted by molar-refractivity contribution is -0.144. The Morgan fingerprint density at radius 3 is 3.12 bits per heavy atom. The second-order valence-electron chi connectivity index (χ2n) is 7.22. The molecule has 1 fully saturated rings. The molecule has 2 aromatic rings. The number of H-pyrrole nitrogens is 1. The van der Waals surface area contributed by atoms with Crippen molar-refractivity contribution in [2.24, 2.45) is 5.92 Å². The van der Waals surface area contributed by atoms with Gasteiger partial charge in [-0.15, -0.1) is 6.58 Å². The molecular weight excluding hydrogens is 300 g/mol. The smallest absolute Gasteiger partial charge is 0.307 e. The van der Waals surface area contributed by atoms with Crippen molar-refractivity contribution >= 4 is 22.9 Å². The molecule has 2 aliphatic carbocycles. The highest BCUT2D eigenvalue weighted by molar-refractivity contribution is 5.94. The Bertz CT molecular complexity index is 894. The third-order valence-electron chi connectivity index (χ3n) is 6.04. The van der Waals surface area contributed by atoms with Gasteiger partial charge in [0.25, 0.3) is 0 Å². The van der Waals surface area contributed by atoms with Gasteiger partial charge in [-0.05, 0) is 29.7 Å². The van der Waals surface area contributed by atoms with Crippen LogP contribution >= 0.6 is 0 Å². The summed E-state index contributed by atoms with van der Waals surface area (Å²) in [4.78, 5) is 17.6. The number of aromatic amines is 1. The lowest BCUT2D eigenvalue weighted by Crippen LogP contribution is -2.52. The van der Waals surface area contributed by atoms with Gasteiger partial charge < -0.3 is 10.1 Å². The summed E-state index contributed by atoms with van der Waals surface area (Å²) in [6, 6.07) is 6.73. The van der Waals surface area contributed by atoms with Gasteiger partial charge in [0.1, 0.15) is 0 Å². The summed E-state index contributed by atoms with van der Waals surface area (Å²) in [6.07, 6.45) is 7.11. The van der Waals surface area contributed by atoms with Crippen molar-refractivity contribution in [2.75, 3.05) is 13.1 Å². The third kappa shape index (κ3) is 1.69. The molecule has 2 heterocycles. The first kappa shape index (κ1) is 14.1. The van der Waals surface area contributed by atoms with Gasteiger partial charge in [0.05, 0.1) is 5.92 Å². The molecule has 0 radical (unpaired) electrons. The number of carboxylic acids is 1.